The summed E-state index contributed by atoms with van der Waals surface area (Å²) in [6.07, 6.45) is 12.5. The van der Waals surface area contributed by atoms with E-state index in [4.69, 9.17) is 9.72 Å². The second-order valence-electron chi connectivity index (χ2n) is 10.4. The van der Waals surface area contributed by atoms with Gasteiger partial charge in [0.2, 0.25) is 5.95 Å². The first-order valence-electron chi connectivity index (χ1n) is 14.0. The molecule has 2 bridgehead atoms. The Kier molecular flexibility index (Phi) is 5.77. The third-order valence-corrected chi connectivity index (χ3v) is 7.68. The predicted molar refractivity (Wildman–Crippen MR) is 161 cm³/mol. The number of hydrogen-bond donors (Lipinski definition) is 1. The molecule has 6 aromatic rings. The molecule has 0 saturated carbocycles. The van der Waals surface area contributed by atoms with Gasteiger partial charge in [0, 0.05) is 30.5 Å². The minimum Gasteiger partial charge on any atom is -0.482 e. The zero-order valence-corrected chi connectivity index (χ0v) is 22.9. The third kappa shape index (κ3) is 4.22. The second-order valence-corrected chi connectivity index (χ2v) is 10.4. The highest BCUT2D eigenvalue weighted by Crippen LogP contribution is 2.35. The molecule has 5 aromatic heterocycles. The first-order valence-corrected chi connectivity index (χ1v) is 14.0. The standard InChI is InChI=1S/C31H25N9O3/c41-27-19-43-25-9-8-22-16-24(25)37(27)12-5-1-2-6-13-39-30(42)23-18-34-31(36-29(23)40(22)39)35-21-15-20-10-14-38(28(20)33-17-21)26-7-3-4-11-32-26/h2-4,6-11,14-18H,1,5,12-13,19H2,(H,34,35,36)/b6-2-. The molecule has 0 radical (unpaired) electrons. The first-order chi connectivity index (χ1) is 21.1. The second kappa shape index (κ2) is 9.94. The van der Waals surface area contributed by atoms with Crippen LogP contribution < -0.4 is 20.5 Å². The largest absolute Gasteiger partial charge is 0.482 e. The van der Waals surface area contributed by atoms with Crippen molar-refractivity contribution in [2.24, 2.45) is 0 Å². The molecule has 2 aliphatic heterocycles. The van der Waals surface area contributed by atoms with E-state index in [0.29, 0.717) is 52.9 Å². The molecule has 1 amide bonds. The zero-order valence-electron chi connectivity index (χ0n) is 22.9. The molecule has 0 atom stereocenters. The summed E-state index contributed by atoms with van der Waals surface area (Å²) in [6, 6.07) is 15.3. The Labute approximate surface area is 244 Å². The van der Waals surface area contributed by atoms with Gasteiger partial charge in [-0.25, -0.2) is 24.3 Å². The maximum absolute atomic E-state index is 13.6. The summed E-state index contributed by atoms with van der Waals surface area (Å²) in [4.78, 5) is 46.4. The van der Waals surface area contributed by atoms with Crippen LogP contribution in [-0.4, -0.2) is 52.9 Å². The van der Waals surface area contributed by atoms with Crippen LogP contribution in [0, 0.1) is 0 Å². The maximum atomic E-state index is 13.6. The van der Waals surface area contributed by atoms with Gasteiger partial charge < -0.3 is 15.0 Å². The molecule has 212 valence electrons. The fourth-order valence-corrected chi connectivity index (χ4v) is 5.65. The molecular weight excluding hydrogens is 546 g/mol. The number of carbonyl (C=O) groups excluding carboxylic acids is 1. The molecule has 1 aromatic carbocycles. The summed E-state index contributed by atoms with van der Waals surface area (Å²) in [6.45, 7) is 0.959. The Hall–Kier alpha value is -5.78. The quantitative estimate of drug-likeness (QED) is 0.315. The van der Waals surface area contributed by atoms with Gasteiger partial charge in [0.25, 0.3) is 11.5 Å². The predicted octanol–water partition coefficient (Wildman–Crippen LogP) is 4.14. The average molecular weight is 572 g/mol. The summed E-state index contributed by atoms with van der Waals surface area (Å²) in [5.74, 6) is 1.65. The molecule has 12 nitrogen and oxygen atoms in total. The summed E-state index contributed by atoms with van der Waals surface area (Å²) in [7, 11) is 0. The van der Waals surface area contributed by atoms with Crippen LogP contribution >= 0.6 is 0 Å². The van der Waals surface area contributed by atoms with E-state index < -0.39 is 0 Å². The highest BCUT2D eigenvalue weighted by Gasteiger charge is 2.27. The molecule has 12 heteroatoms. The van der Waals surface area contributed by atoms with Crippen molar-refractivity contribution >= 4 is 45.3 Å². The molecule has 2 aliphatic rings. The number of anilines is 3. The Morgan fingerprint density at radius 3 is 2.79 bits per heavy atom. The van der Waals surface area contributed by atoms with Crippen LogP contribution in [0.2, 0.25) is 0 Å². The number of aromatic nitrogens is 7. The van der Waals surface area contributed by atoms with Gasteiger partial charge in [-0.1, -0.05) is 18.2 Å². The van der Waals surface area contributed by atoms with E-state index in [1.54, 1.807) is 32.9 Å². The molecule has 8 rings (SSSR count). The van der Waals surface area contributed by atoms with Crippen molar-refractivity contribution in [3.8, 4) is 17.3 Å². The number of fused-ring (bicyclic) bond motifs is 6. The van der Waals surface area contributed by atoms with E-state index in [2.05, 4.69) is 20.3 Å². The molecular formula is C31H25N9O3. The normalized spacial score (nSPS) is 15.4. The van der Waals surface area contributed by atoms with Gasteiger partial charge in [0.1, 0.15) is 22.6 Å². The first kappa shape index (κ1) is 25.0. The SMILES string of the molecule is O=C1COc2ccc3cc2N1CCC/C=C\Cn1c(=O)c2cnc(Nc4cnc5c(ccn5-c5ccccn5)c4)nc2n1-3. The molecule has 0 spiro atoms. The average Bonchev–Trinajstić information content (AvgIpc) is 3.57. The zero-order chi connectivity index (χ0) is 28.9. The van der Waals surface area contributed by atoms with E-state index in [-0.39, 0.29) is 18.1 Å². The lowest BCUT2D eigenvalue weighted by Crippen LogP contribution is -2.39. The van der Waals surface area contributed by atoms with Crippen LogP contribution in [0.25, 0.3) is 33.6 Å². The minimum atomic E-state index is -0.205. The lowest BCUT2D eigenvalue weighted by atomic mass is 10.1. The fraction of sp³-hybridized carbons (Fsp3) is 0.161. The lowest BCUT2D eigenvalue weighted by Gasteiger charge is -2.30. The maximum Gasteiger partial charge on any atom is 0.278 e. The Balaban J connectivity index is 1.22. The van der Waals surface area contributed by atoms with Gasteiger partial charge >= 0.3 is 0 Å². The van der Waals surface area contributed by atoms with Crippen molar-refractivity contribution in [2.45, 2.75) is 19.4 Å². The molecule has 0 fully saturated rings. The number of nitrogens with one attached hydrogen (secondary N) is 1. The van der Waals surface area contributed by atoms with Crippen molar-refractivity contribution in [3.63, 3.8) is 0 Å². The van der Waals surface area contributed by atoms with Crippen LogP contribution in [0.4, 0.5) is 17.3 Å². The van der Waals surface area contributed by atoms with E-state index in [1.165, 1.54) is 0 Å². The number of benzene rings is 1. The lowest BCUT2D eigenvalue weighted by molar-refractivity contribution is -0.121. The van der Waals surface area contributed by atoms with Gasteiger partial charge in [0.05, 0.1) is 29.8 Å². The van der Waals surface area contributed by atoms with Crippen molar-refractivity contribution in [3.05, 3.63) is 95.8 Å². The monoisotopic (exact) mass is 571 g/mol. The van der Waals surface area contributed by atoms with Gasteiger partial charge in [-0.3, -0.25) is 14.2 Å². The van der Waals surface area contributed by atoms with Gasteiger partial charge in [-0.2, -0.15) is 4.98 Å². The minimum absolute atomic E-state index is 0.0100. The highest BCUT2D eigenvalue weighted by atomic mass is 16.5. The third-order valence-electron chi connectivity index (χ3n) is 7.68. The van der Waals surface area contributed by atoms with Crippen molar-refractivity contribution in [1.82, 2.24) is 33.9 Å². The van der Waals surface area contributed by atoms with Crippen molar-refractivity contribution < 1.29 is 9.53 Å². The van der Waals surface area contributed by atoms with Crippen LogP contribution in [0.15, 0.2) is 90.3 Å². The van der Waals surface area contributed by atoms with Gasteiger partial charge in [0.15, 0.2) is 12.3 Å². The van der Waals surface area contributed by atoms with E-state index in [0.717, 1.165) is 29.7 Å². The topological polar surface area (TPSA) is 125 Å². The van der Waals surface area contributed by atoms with Gasteiger partial charge in [-0.15, -0.1) is 0 Å². The molecule has 43 heavy (non-hydrogen) atoms. The Bertz CT molecular complexity index is 2130. The number of carbonyl (C=O) groups is 1. The van der Waals surface area contributed by atoms with Crippen LogP contribution in [0.3, 0.4) is 0 Å². The van der Waals surface area contributed by atoms with Crippen LogP contribution in [0.1, 0.15) is 12.8 Å². The smallest absolute Gasteiger partial charge is 0.278 e. The van der Waals surface area contributed by atoms with Crippen LogP contribution in [-0.2, 0) is 11.3 Å². The van der Waals surface area contributed by atoms with Crippen molar-refractivity contribution in [2.75, 3.05) is 23.4 Å². The summed E-state index contributed by atoms with van der Waals surface area (Å²) in [5, 5.41) is 4.55. The van der Waals surface area contributed by atoms with E-state index >= 15 is 0 Å². The molecule has 7 heterocycles. The van der Waals surface area contributed by atoms with Gasteiger partial charge in [-0.05, 0) is 55.3 Å². The fourth-order valence-electron chi connectivity index (χ4n) is 5.65. The number of rotatable bonds is 3. The van der Waals surface area contributed by atoms with Crippen LogP contribution in [0.5, 0.6) is 5.75 Å². The number of allylic oxidation sites excluding steroid dienone is 2. The Morgan fingerprint density at radius 1 is 0.930 bits per heavy atom. The highest BCUT2D eigenvalue weighted by molar-refractivity contribution is 5.98. The summed E-state index contributed by atoms with van der Waals surface area (Å²) >= 11 is 0. The number of nitrogens with zero attached hydrogens (tertiary/aromatic N) is 8. The summed E-state index contributed by atoms with van der Waals surface area (Å²) < 4.78 is 11.1. The number of amides is 1. The van der Waals surface area contributed by atoms with E-state index in [9.17, 15) is 9.59 Å². The number of ether oxygens (including phenoxy) is 1. The molecule has 0 saturated heterocycles. The Morgan fingerprint density at radius 2 is 1.88 bits per heavy atom. The van der Waals surface area contributed by atoms with Crippen molar-refractivity contribution in [1.29, 1.82) is 0 Å². The number of hydrogen-bond acceptors (Lipinski definition) is 8. The number of pyridine rings is 2. The summed E-state index contributed by atoms with van der Waals surface area (Å²) in [5.41, 5.74) is 3.08. The molecule has 1 N–H and O–H groups in total. The molecule has 0 aliphatic carbocycles. The molecule has 0 unspecified atom stereocenters. The van der Waals surface area contributed by atoms with E-state index in [1.807, 2.05) is 71.4 Å².